The quantitative estimate of drug-likeness (QED) is 0.746. The molecule has 2 heterocycles. The molecule has 0 bridgehead atoms. The molecule has 1 saturated heterocycles. The number of rotatable bonds is 5. The van der Waals surface area contributed by atoms with Gasteiger partial charge in [-0.15, -0.1) is 10.2 Å². The summed E-state index contributed by atoms with van der Waals surface area (Å²) in [5.74, 6) is 1.95. The minimum atomic E-state index is 0.0715. The molecule has 1 aliphatic rings. The van der Waals surface area contributed by atoms with Crippen LogP contribution in [0.5, 0.6) is 5.75 Å². The summed E-state index contributed by atoms with van der Waals surface area (Å²) in [6.45, 7) is 5.26. The Morgan fingerprint density at radius 3 is 2.73 bits per heavy atom. The number of hydrogen-bond donors (Lipinski definition) is 0. The molecule has 1 aromatic carbocycles. The maximum atomic E-state index is 12.5. The number of hydrogen-bond acceptors (Lipinski definition) is 6. The lowest BCUT2D eigenvalue weighted by Crippen LogP contribution is -2.48. The predicted molar refractivity (Wildman–Crippen MR) is 100 cm³/mol. The molecule has 2 aromatic rings. The van der Waals surface area contributed by atoms with Gasteiger partial charge in [-0.25, -0.2) is 0 Å². The highest BCUT2D eigenvalue weighted by molar-refractivity contribution is 7.99. The van der Waals surface area contributed by atoms with Crippen molar-refractivity contribution < 1.29 is 14.3 Å². The van der Waals surface area contributed by atoms with Crippen molar-refractivity contribution in [2.24, 2.45) is 7.05 Å². The van der Waals surface area contributed by atoms with E-state index in [1.165, 1.54) is 11.8 Å². The summed E-state index contributed by atoms with van der Waals surface area (Å²) in [6, 6.07) is 7.68. The van der Waals surface area contributed by atoms with Crippen LogP contribution in [0.1, 0.15) is 13.8 Å². The maximum Gasteiger partial charge on any atom is 0.233 e. The zero-order valence-corrected chi connectivity index (χ0v) is 16.3. The third-order valence-electron chi connectivity index (χ3n) is 4.26. The number of morpholine rings is 1. The molecule has 0 radical (unpaired) electrons. The molecule has 0 saturated carbocycles. The summed E-state index contributed by atoms with van der Waals surface area (Å²) in [5, 5.41) is 9.22. The third-order valence-corrected chi connectivity index (χ3v) is 5.26. The lowest BCUT2D eigenvalue weighted by molar-refractivity contribution is -0.140. The first-order valence-electron chi connectivity index (χ1n) is 8.57. The highest BCUT2D eigenvalue weighted by Crippen LogP contribution is 2.25. The molecule has 0 N–H and O–H groups in total. The molecule has 1 aliphatic heterocycles. The Labute approximate surface area is 157 Å². The molecule has 140 valence electrons. The van der Waals surface area contributed by atoms with Gasteiger partial charge in [0, 0.05) is 25.7 Å². The van der Waals surface area contributed by atoms with E-state index in [1.807, 2.05) is 54.6 Å². The van der Waals surface area contributed by atoms with Crippen LogP contribution in [0.25, 0.3) is 11.4 Å². The second kappa shape index (κ2) is 8.09. The number of ether oxygens (including phenoxy) is 2. The van der Waals surface area contributed by atoms with Crippen LogP contribution < -0.4 is 4.74 Å². The van der Waals surface area contributed by atoms with E-state index in [4.69, 9.17) is 9.47 Å². The molecular weight excluding hydrogens is 352 g/mol. The van der Waals surface area contributed by atoms with Gasteiger partial charge in [-0.3, -0.25) is 4.79 Å². The number of amides is 1. The Morgan fingerprint density at radius 2 is 2.04 bits per heavy atom. The zero-order valence-electron chi connectivity index (χ0n) is 15.5. The number of nitrogens with zero attached hydrogens (tertiary/aromatic N) is 4. The first-order chi connectivity index (χ1) is 12.5. The molecule has 0 spiro atoms. The second-order valence-electron chi connectivity index (χ2n) is 6.44. The van der Waals surface area contributed by atoms with Gasteiger partial charge in [0.2, 0.25) is 5.91 Å². The van der Waals surface area contributed by atoms with Crippen LogP contribution in [0.3, 0.4) is 0 Å². The standard InChI is InChI=1S/C18H24N4O3S/c1-12-9-22(10-13(2)25-12)16(23)11-26-18-20-19-17(21(18)3)14-6-5-7-15(8-14)24-4/h5-8,12-13H,9-11H2,1-4H3/t12-,13+. The number of carbonyl (C=O) groups excluding carboxylic acids is 1. The molecule has 0 aliphatic carbocycles. The molecule has 1 aromatic heterocycles. The number of carbonyl (C=O) groups is 1. The molecule has 0 unspecified atom stereocenters. The van der Waals surface area contributed by atoms with Gasteiger partial charge >= 0.3 is 0 Å². The van der Waals surface area contributed by atoms with E-state index < -0.39 is 0 Å². The van der Waals surface area contributed by atoms with E-state index in [1.54, 1.807) is 7.11 Å². The first kappa shape index (κ1) is 18.7. The fourth-order valence-electron chi connectivity index (χ4n) is 3.05. The molecular formula is C18H24N4O3S. The maximum absolute atomic E-state index is 12.5. The summed E-state index contributed by atoms with van der Waals surface area (Å²) in [5.41, 5.74) is 0.924. The summed E-state index contributed by atoms with van der Waals surface area (Å²) >= 11 is 1.40. The van der Waals surface area contributed by atoms with Crippen molar-refractivity contribution in [2.45, 2.75) is 31.2 Å². The molecule has 8 heteroatoms. The molecule has 2 atom stereocenters. The van der Waals surface area contributed by atoms with E-state index in [9.17, 15) is 4.79 Å². The van der Waals surface area contributed by atoms with Gasteiger partial charge in [0.1, 0.15) is 5.75 Å². The fraction of sp³-hybridized carbons (Fsp3) is 0.500. The normalized spacial score (nSPS) is 20.2. The zero-order chi connectivity index (χ0) is 18.7. The Morgan fingerprint density at radius 1 is 1.31 bits per heavy atom. The minimum absolute atomic E-state index is 0.0715. The van der Waals surface area contributed by atoms with Crippen LogP contribution in [0.4, 0.5) is 0 Å². The third kappa shape index (κ3) is 4.19. The predicted octanol–water partition coefficient (Wildman–Crippen LogP) is 2.22. The smallest absolute Gasteiger partial charge is 0.233 e. The van der Waals surface area contributed by atoms with Gasteiger partial charge < -0.3 is 18.9 Å². The average molecular weight is 376 g/mol. The van der Waals surface area contributed by atoms with Gasteiger partial charge in [-0.2, -0.15) is 0 Å². The highest BCUT2D eigenvalue weighted by atomic mass is 32.2. The van der Waals surface area contributed by atoms with Crippen LogP contribution in [0.2, 0.25) is 0 Å². The van der Waals surface area contributed by atoms with Crippen molar-refractivity contribution in [1.82, 2.24) is 19.7 Å². The molecule has 26 heavy (non-hydrogen) atoms. The van der Waals surface area contributed by atoms with Crippen molar-refractivity contribution >= 4 is 17.7 Å². The van der Waals surface area contributed by atoms with Crippen molar-refractivity contribution in [3.8, 4) is 17.1 Å². The van der Waals surface area contributed by atoms with Gasteiger partial charge in [-0.1, -0.05) is 23.9 Å². The van der Waals surface area contributed by atoms with Crippen molar-refractivity contribution in [1.29, 1.82) is 0 Å². The monoisotopic (exact) mass is 376 g/mol. The Balaban J connectivity index is 1.66. The second-order valence-corrected chi connectivity index (χ2v) is 7.38. The van der Waals surface area contributed by atoms with Crippen LogP contribution in [0, 0.1) is 0 Å². The number of aromatic nitrogens is 3. The van der Waals surface area contributed by atoms with E-state index in [2.05, 4.69) is 10.2 Å². The average Bonchev–Trinajstić information content (AvgIpc) is 2.99. The largest absolute Gasteiger partial charge is 0.497 e. The lowest BCUT2D eigenvalue weighted by atomic mass is 10.2. The highest BCUT2D eigenvalue weighted by Gasteiger charge is 2.26. The number of thioether (sulfide) groups is 1. The van der Waals surface area contributed by atoms with E-state index in [-0.39, 0.29) is 18.1 Å². The summed E-state index contributed by atoms with van der Waals surface area (Å²) in [4.78, 5) is 14.4. The topological polar surface area (TPSA) is 69.5 Å². The van der Waals surface area contributed by atoms with E-state index in [0.29, 0.717) is 24.0 Å². The van der Waals surface area contributed by atoms with Crippen molar-refractivity contribution in [3.05, 3.63) is 24.3 Å². The summed E-state index contributed by atoms with van der Waals surface area (Å²) < 4.78 is 12.8. The SMILES string of the molecule is COc1cccc(-c2nnc(SCC(=O)N3C[C@@H](C)O[C@@H](C)C3)n2C)c1. The van der Waals surface area contributed by atoms with Crippen LogP contribution in [-0.2, 0) is 16.6 Å². The van der Waals surface area contributed by atoms with Crippen molar-refractivity contribution in [2.75, 3.05) is 26.0 Å². The minimum Gasteiger partial charge on any atom is -0.497 e. The Hall–Kier alpha value is -2.06. The Bertz CT molecular complexity index is 770. The van der Waals surface area contributed by atoms with Gasteiger partial charge in [0.05, 0.1) is 25.1 Å². The summed E-state index contributed by atoms with van der Waals surface area (Å²) in [6.07, 6.45) is 0.143. The van der Waals surface area contributed by atoms with Crippen LogP contribution in [0.15, 0.2) is 29.4 Å². The number of methoxy groups -OCH3 is 1. The van der Waals surface area contributed by atoms with Crippen molar-refractivity contribution in [3.63, 3.8) is 0 Å². The summed E-state index contributed by atoms with van der Waals surface area (Å²) in [7, 11) is 3.54. The molecule has 1 fully saturated rings. The first-order valence-corrected chi connectivity index (χ1v) is 9.56. The van der Waals surface area contributed by atoms with Gasteiger partial charge in [0.25, 0.3) is 0 Å². The van der Waals surface area contributed by atoms with Gasteiger partial charge in [-0.05, 0) is 26.0 Å². The van der Waals surface area contributed by atoms with Crippen LogP contribution >= 0.6 is 11.8 Å². The Kier molecular flexibility index (Phi) is 5.83. The lowest BCUT2D eigenvalue weighted by Gasteiger charge is -2.35. The van der Waals surface area contributed by atoms with E-state index >= 15 is 0 Å². The van der Waals surface area contributed by atoms with E-state index in [0.717, 1.165) is 17.1 Å². The van der Waals surface area contributed by atoms with Crippen LogP contribution in [-0.4, -0.2) is 63.7 Å². The fourth-order valence-corrected chi connectivity index (χ4v) is 3.87. The molecule has 3 rings (SSSR count). The van der Waals surface area contributed by atoms with Gasteiger partial charge in [0.15, 0.2) is 11.0 Å². The molecule has 1 amide bonds. The number of benzene rings is 1. The molecule has 7 nitrogen and oxygen atoms in total.